The fraction of sp³-hybridized carbons (Fsp3) is 0.300. The Bertz CT molecular complexity index is 1070. The number of alkyl halides is 3. The number of amides is 1. The summed E-state index contributed by atoms with van der Waals surface area (Å²) in [5, 5.41) is 3.55. The molecule has 0 bridgehead atoms. The van der Waals surface area contributed by atoms with E-state index in [4.69, 9.17) is 51.2 Å². The lowest BCUT2D eigenvalue weighted by Crippen LogP contribution is -2.42. The van der Waals surface area contributed by atoms with Gasteiger partial charge in [-0.1, -0.05) is 57.6 Å². The van der Waals surface area contributed by atoms with Crippen molar-refractivity contribution in [3.8, 4) is 0 Å². The van der Waals surface area contributed by atoms with Gasteiger partial charge in [0.1, 0.15) is 0 Å². The molecule has 0 saturated heterocycles. The van der Waals surface area contributed by atoms with Crippen LogP contribution in [-0.2, 0) is 15.2 Å². The van der Waals surface area contributed by atoms with Crippen molar-refractivity contribution in [1.82, 2.24) is 0 Å². The molecule has 1 amide bonds. The van der Waals surface area contributed by atoms with E-state index >= 15 is 0 Å². The van der Waals surface area contributed by atoms with E-state index in [-0.39, 0.29) is 43.0 Å². The zero-order valence-electron chi connectivity index (χ0n) is 16.6. The molecule has 1 aliphatic rings. The van der Waals surface area contributed by atoms with Gasteiger partial charge in [-0.15, -0.1) is 0 Å². The number of halogens is 7. The largest absolute Gasteiger partial charge is 0.435 e. The summed E-state index contributed by atoms with van der Waals surface area (Å²) in [5.41, 5.74) is -2.35. The number of carbonyl (C=O) groups is 1. The molecule has 2 aromatic carbocycles. The third-order valence-electron chi connectivity index (χ3n) is 4.92. The van der Waals surface area contributed by atoms with Gasteiger partial charge in [-0.05, 0) is 30.5 Å². The van der Waals surface area contributed by atoms with Crippen molar-refractivity contribution in [3.05, 3.63) is 61.5 Å². The number of thioether (sulfide) groups is 1. The van der Waals surface area contributed by atoms with E-state index in [0.717, 1.165) is 12.1 Å². The van der Waals surface area contributed by atoms with Crippen molar-refractivity contribution in [2.45, 2.75) is 18.2 Å². The highest BCUT2D eigenvalue weighted by molar-refractivity contribution is 7.99. The molecule has 0 radical (unpaired) electrons. The fourth-order valence-corrected chi connectivity index (χ4v) is 4.50. The lowest BCUT2D eigenvalue weighted by molar-refractivity contribution is -0.275. The zero-order valence-corrected chi connectivity index (χ0v) is 20.4. The summed E-state index contributed by atoms with van der Waals surface area (Å²) in [7, 11) is 1.57. The maximum Gasteiger partial charge on any atom is 0.435 e. The minimum absolute atomic E-state index is 0.0241. The smallest absolute Gasteiger partial charge is 0.374 e. The van der Waals surface area contributed by atoms with Gasteiger partial charge in [0, 0.05) is 24.6 Å². The van der Waals surface area contributed by atoms with Gasteiger partial charge in [0.05, 0.1) is 37.2 Å². The summed E-state index contributed by atoms with van der Waals surface area (Å²) in [4.78, 5) is 18.5. The van der Waals surface area contributed by atoms with Crippen LogP contribution in [0.15, 0.2) is 35.5 Å². The molecule has 0 aliphatic carbocycles. The standard InChI is InChI=1S/C20H15Cl4F3N2O2S/c1-29(17(30)9-32-2)16-4-3-10(5-12(16)21)15-8-19(31-28-15,20(25,26)27)11-6-13(22)18(24)14(23)7-11/h3-7H,8-9H2,1-2H3. The quantitative estimate of drug-likeness (QED) is 0.373. The molecule has 2 aromatic rings. The first kappa shape index (κ1) is 25.3. The average Bonchev–Trinajstić information content (AvgIpc) is 3.18. The molecule has 1 atom stereocenters. The van der Waals surface area contributed by atoms with Crippen LogP contribution >= 0.6 is 58.2 Å². The number of rotatable bonds is 5. The Hall–Kier alpha value is -1.32. The van der Waals surface area contributed by atoms with Gasteiger partial charge >= 0.3 is 6.18 Å². The summed E-state index contributed by atoms with van der Waals surface area (Å²) < 4.78 is 42.5. The van der Waals surface area contributed by atoms with Crippen molar-refractivity contribution >= 4 is 75.5 Å². The van der Waals surface area contributed by atoms with E-state index in [1.165, 1.54) is 28.8 Å². The molecule has 0 fully saturated rings. The van der Waals surface area contributed by atoms with Crippen molar-refractivity contribution in [2.75, 3.05) is 24.0 Å². The van der Waals surface area contributed by atoms with Gasteiger partial charge in [-0.2, -0.15) is 24.9 Å². The van der Waals surface area contributed by atoms with E-state index in [2.05, 4.69) is 5.16 Å². The second-order valence-corrected chi connectivity index (χ2v) is 9.40. The van der Waals surface area contributed by atoms with Crippen LogP contribution in [-0.4, -0.2) is 36.9 Å². The minimum Gasteiger partial charge on any atom is -0.374 e. The molecule has 3 rings (SSSR count). The van der Waals surface area contributed by atoms with Gasteiger partial charge in [0.25, 0.3) is 5.60 Å². The Kier molecular flexibility index (Phi) is 7.52. The van der Waals surface area contributed by atoms with Crippen LogP contribution in [0.25, 0.3) is 0 Å². The lowest BCUT2D eigenvalue weighted by atomic mass is 9.86. The Labute approximate surface area is 206 Å². The SMILES string of the molecule is CSCC(=O)N(C)c1ccc(C2=NOC(c3cc(Cl)c(Cl)c(Cl)c3)(C(F)(F)F)C2)cc1Cl. The number of oxime groups is 1. The van der Waals surface area contributed by atoms with Crippen molar-refractivity contribution in [1.29, 1.82) is 0 Å². The number of anilines is 1. The predicted octanol–water partition coefficient (Wildman–Crippen LogP) is 7.21. The van der Waals surface area contributed by atoms with E-state index < -0.39 is 18.2 Å². The lowest BCUT2D eigenvalue weighted by Gasteiger charge is -2.30. The maximum absolute atomic E-state index is 14.2. The number of benzene rings is 2. The first-order valence-electron chi connectivity index (χ1n) is 8.93. The molecule has 0 N–H and O–H groups in total. The van der Waals surface area contributed by atoms with Gasteiger partial charge in [0.2, 0.25) is 5.91 Å². The molecule has 32 heavy (non-hydrogen) atoms. The van der Waals surface area contributed by atoms with Gasteiger partial charge in [0.15, 0.2) is 0 Å². The Morgan fingerprint density at radius 1 is 1.16 bits per heavy atom. The summed E-state index contributed by atoms with van der Waals surface area (Å²) >= 11 is 25.5. The van der Waals surface area contributed by atoms with E-state index in [9.17, 15) is 18.0 Å². The van der Waals surface area contributed by atoms with Crippen LogP contribution < -0.4 is 4.90 Å². The number of carbonyl (C=O) groups excluding carboxylic acids is 1. The van der Waals surface area contributed by atoms with Crippen molar-refractivity contribution < 1.29 is 22.8 Å². The summed E-state index contributed by atoms with van der Waals surface area (Å²) in [5.74, 6) is 0.0939. The van der Waals surface area contributed by atoms with Crippen molar-refractivity contribution in [3.63, 3.8) is 0 Å². The monoisotopic (exact) mass is 544 g/mol. The van der Waals surface area contributed by atoms with Crippen LogP contribution in [0.2, 0.25) is 20.1 Å². The predicted molar refractivity (Wildman–Crippen MR) is 125 cm³/mol. The Balaban J connectivity index is 1.95. The highest BCUT2D eigenvalue weighted by Crippen LogP contribution is 2.50. The first-order chi connectivity index (χ1) is 14.9. The van der Waals surface area contributed by atoms with Crippen LogP contribution in [0.3, 0.4) is 0 Å². The summed E-state index contributed by atoms with van der Waals surface area (Å²) in [6, 6.07) is 6.63. The molecule has 4 nitrogen and oxygen atoms in total. The molecule has 0 saturated carbocycles. The van der Waals surface area contributed by atoms with Crippen LogP contribution in [0, 0.1) is 0 Å². The van der Waals surface area contributed by atoms with Gasteiger partial charge < -0.3 is 9.74 Å². The maximum atomic E-state index is 14.2. The van der Waals surface area contributed by atoms with Gasteiger partial charge in [-0.25, -0.2) is 0 Å². The minimum atomic E-state index is -4.84. The third-order valence-corrected chi connectivity index (χ3v) is 6.96. The molecule has 1 unspecified atom stereocenters. The Morgan fingerprint density at radius 3 is 2.31 bits per heavy atom. The molecule has 12 heteroatoms. The number of hydrogen-bond donors (Lipinski definition) is 0. The molecule has 1 aliphatic heterocycles. The molecule has 0 aromatic heterocycles. The first-order valence-corrected chi connectivity index (χ1v) is 11.8. The molecular weight excluding hydrogens is 531 g/mol. The van der Waals surface area contributed by atoms with Crippen LogP contribution in [0.5, 0.6) is 0 Å². The van der Waals surface area contributed by atoms with E-state index in [0.29, 0.717) is 11.3 Å². The molecular formula is C20H15Cl4F3N2O2S. The van der Waals surface area contributed by atoms with E-state index in [1.54, 1.807) is 19.4 Å². The highest BCUT2D eigenvalue weighted by Gasteiger charge is 2.62. The van der Waals surface area contributed by atoms with Crippen LogP contribution in [0.1, 0.15) is 17.5 Å². The second kappa shape index (κ2) is 9.50. The average molecular weight is 546 g/mol. The summed E-state index contributed by atoms with van der Waals surface area (Å²) in [6.07, 6.45) is -3.68. The zero-order chi connectivity index (χ0) is 23.8. The number of hydrogen-bond acceptors (Lipinski definition) is 4. The number of nitrogens with zero attached hydrogens (tertiary/aromatic N) is 2. The third kappa shape index (κ3) is 4.66. The van der Waals surface area contributed by atoms with Gasteiger partial charge in [-0.3, -0.25) is 4.79 Å². The topological polar surface area (TPSA) is 41.9 Å². The Morgan fingerprint density at radius 2 is 1.78 bits per heavy atom. The fourth-order valence-electron chi connectivity index (χ4n) is 3.16. The highest BCUT2D eigenvalue weighted by atomic mass is 35.5. The van der Waals surface area contributed by atoms with E-state index in [1.807, 2.05) is 0 Å². The van der Waals surface area contributed by atoms with Crippen molar-refractivity contribution in [2.24, 2.45) is 5.16 Å². The van der Waals surface area contributed by atoms with Crippen LogP contribution in [0.4, 0.5) is 18.9 Å². The normalized spacial score (nSPS) is 18.3. The molecule has 0 spiro atoms. The molecule has 172 valence electrons. The molecule has 1 heterocycles. The second-order valence-electron chi connectivity index (χ2n) is 6.94. The summed E-state index contributed by atoms with van der Waals surface area (Å²) in [6.45, 7) is 0.